The van der Waals surface area contributed by atoms with Crippen LogP contribution in [0.1, 0.15) is 0 Å². The van der Waals surface area contributed by atoms with Crippen molar-refractivity contribution >= 4 is 38.6 Å². The van der Waals surface area contributed by atoms with Crippen LogP contribution in [0, 0.1) is 0 Å². The number of rotatable bonds is 0. The highest BCUT2D eigenvalue weighted by atomic mass is 16.2. The van der Waals surface area contributed by atoms with Crippen LogP contribution in [0.4, 0.5) is 4.79 Å². The van der Waals surface area contributed by atoms with Crippen molar-refractivity contribution in [3.8, 4) is 0 Å². The van der Waals surface area contributed by atoms with Crippen molar-refractivity contribution in [1.29, 1.82) is 0 Å². The number of para-hydroxylation sites is 2. The van der Waals surface area contributed by atoms with E-state index >= 15 is 0 Å². The molecule has 0 N–H and O–H groups in total. The van der Waals surface area contributed by atoms with Crippen molar-refractivity contribution in [2.24, 2.45) is 9.98 Å². The highest BCUT2D eigenvalue weighted by Crippen LogP contribution is 2.28. The summed E-state index contributed by atoms with van der Waals surface area (Å²) in [6.45, 7) is 0. The van der Waals surface area contributed by atoms with Gasteiger partial charge in [0, 0.05) is 28.6 Å². The SMILES string of the molecule is O=C1N=c2ccccc2=N1.c1ccc2c(c1)cnc1ccc3cccnc3c12. The van der Waals surface area contributed by atoms with Crippen LogP contribution in [0.5, 0.6) is 0 Å². The molecule has 28 heavy (non-hydrogen) atoms. The van der Waals surface area contributed by atoms with E-state index in [1.54, 1.807) is 12.1 Å². The first-order valence-corrected chi connectivity index (χ1v) is 8.87. The summed E-state index contributed by atoms with van der Waals surface area (Å²) >= 11 is 0. The molecule has 0 spiro atoms. The summed E-state index contributed by atoms with van der Waals surface area (Å²) < 4.78 is 0. The fourth-order valence-electron chi connectivity index (χ4n) is 3.37. The number of nitrogens with zero attached hydrogens (tertiary/aromatic N) is 4. The van der Waals surface area contributed by atoms with Crippen LogP contribution in [0.2, 0.25) is 0 Å². The minimum Gasteiger partial charge on any atom is -0.256 e. The summed E-state index contributed by atoms with van der Waals surface area (Å²) in [5, 5.41) is 6.02. The molecule has 0 fully saturated rings. The highest BCUT2D eigenvalue weighted by molar-refractivity contribution is 6.17. The second-order valence-electron chi connectivity index (χ2n) is 6.38. The molecule has 0 atom stereocenters. The first kappa shape index (κ1) is 16.2. The average Bonchev–Trinajstić information content (AvgIpc) is 3.14. The number of pyridine rings is 2. The molecule has 1 aliphatic heterocycles. The van der Waals surface area contributed by atoms with Crippen LogP contribution in [0.25, 0.3) is 32.6 Å². The summed E-state index contributed by atoms with van der Waals surface area (Å²) in [4.78, 5) is 26.9. The van der Waals surface area contributed by atoms with Crippen LogP contribution in [0.15, 0.2) is 95.2 Å². The molecule has 0 bridgehead atoms. The molecule has 132 valence electrons. The molecule has 0 saturated carbocycles. The van der Waals surface area contributed by atoms with Gasteiger partial charge in [-0.25, -0.2) is 4.79 Å². The molecule has 5 heteroatoms. The van der Waals surface area contributed by atoms with Gasteiger partial charge in [-0.2, -0.15) is 9.98 Å². The zero-order valence-electron chi connectivity index (χ0n) is 14.8. The van der Waals surface area contributed by atoms with Gasteiger partial charge in [-0.1, -0.05) is 48.5 Å². The second kappa shape index (κ2) is 6.63. The quantitative estimate of drug-likeness (QED) is 0.391. The number of fused-ring (bicyclic) bond motifs is 6. The zero-order chi connectivity index (χ0) is 18.9. The topological polar surface area (TPSA) is 67.6 Å². The van der Waals surface area contributed by atoms with Crippen LogP contribution in [-0.2, 0) is 0 Å². The molecule has 1 aliphatic rings. The molecular formula is C23H14N4O. The Kier molecular flexibility index (Phi) is 3.84. The largest absolute Gasteiger partial charge is 0.368 e. The Hall–Kier alpha value is -3.99. The van der Waals surface area contributed by atoms with E-state index in [9.17, 15) is 4.79 Å². The van der Waals surface area contributed by atoms with Gasteiger partial charge in [-0.05, 0) is 29.7 Å². The minimum atomic E-state index is -0.402. The summed E-state index contributed by atoms with van der Waals surface area (Å²) in [7, 11) is 0. The van der Waals surface area contributed by atoms with Gasteiger partial charge in [0.15, 0.2) is 0 Å². The van der Waals surface area contributed by atoms with Gasteiger partial charge in [-0.15, -0.1) is 0 Å². The lowest BCUT2D eigenvalue weighted by Gasteiger charge is -2.05. The van der Waals surface area contributed by atoms with E-state index in [2.05, 4.69) is 56.4 Å². The predicted octanol–water partition coefficient (Wildman–Crippen LogP) is 4.00. The molecule has 0 radical (unpaired) electrons. The molecule has 2 aromatic heterocycles. The Labute approximate surface area is 159 Å². The Morgan fingerprint density at radius 1 is 0.643 bits per heavy atom. The van der Waals surface area contributed by atoms with Gasteiger partial charge in [0.25, 0.3) is 0 Å². The fraction of sp³-hybridized carbons (Fsp3) is 0. The monoisotopic (exact) mass is 362 g/mol. The minimum absolute atomic E-state index is 0.402. The maximum absolute atomic E-state index is 10.6. The molecular weight excluding hydrogens is 348 g/mol. The van der Waals surface area contributed by atoms with Crippen LogP contribution in [-0.4, -0.2) is 16.0 Å². The molecule has 0 aliphatic carbocycles. The Morgan fingerprint density at radius 3 is 2.18 bits per heavy atom. The maximum atomic E-state index is 10.6. The molecule has 0 saturated heterocycles. The van der Waals surface area contributed by atoms with E-state index in [1.807, 2.05) is 36.7 Å². The van der Waals surface area contributed by atoms with Crippen LogP contribution >= 0.6 is 0 Å². The molecule has 6 rings (SSSR count). The number of urea groups is 1. The Morgan fingerprint density at radius 2 is 1.36 bits per heavy atom. The smallest absolute Gasteiger partial charge is 0.256 e. The van der Waals surface area contributed by atoms with E-state index in [0.717, 1.165) is 27.2 Å². The van der Waals surface area contributed by atoms with E-state index in [1.165, 1.54) is 5.39 Å². The maximum Gasteiger partial charge on any atom is 0.368 e. The van der Waals surface area contributed by atoms with E-state index in [4.69, 9.17) is 0 Å². The van der Waals surface area contributed by atoms with Crippen LogP contribution in [0.3, 0.4) is 0 Å². The number of aromatic nitrogens is 2. The number of carbonyl (C=O) groups is 1. The van der Waals surface area contributed by atoms with Crippen molar-refractivity contribution < 1.29 is 4.79 Å². The predicted molar refractivity (Wildman–Crippen MR) is 109 cm³/mol. The summed E-state index contributed by atoms with van der Waals surface area (Å²) in [6, 6.07) is 23.3. The number of hydrogen-bond acceptors (Lipinski definition) is 3. The third kappa shape index (κ3) is 2.79. The van der Waals surface area contributed by atoms with Crippen molar-refractivity contribution in [2.45, 2.75) is 0 Å². The van der Waals surface area contributed by atoms with Crippen LogP contribution < -0.4 is 10.7 Å². The molecule has 3 aromatic carbocycles. The van der Waals surface area contributed by atoms with Gasteiger partial charge < -0.3 is 0 Å². The average molecular weight is 362 g/mol. The van der Waals surface area contributed by atoms with E-state index in [0.29, 0.717) is 10.7 Å². The molecule has 5 nitrogen and oxygen atoms in total. The zero-order valence-corrected chi connectivity index (χ0v) is 14.8. The summed E-state index contributed by atoms with van der Waals surface area (Å²) in [5.74, 6) is 0. The van der Waals surface area contributed by atoms with Gasteiger partial charge in [0.2, 0.25) is 0 Å². The third-order valence-corrected chi connectivity index (χ3v) is 4.64. The first-order chi connectivity index (χ1) is 13.8. The standard InChI is InChI=1S/C16H10N2.C7H4N2O/c1-2-6-13-12(4-1)10-18-14-8-7-11-5-3-9-17-16(11)15(13)14;10-7-8-5-3-1-2-4-6(5)9-7/h1-10H;1-4H. The van der Waals surface area contributed by atoms with Gasteiger partial charge in [-0.3, -0.25) is 9.97 Å². The second-order valence-corrected chi connectivity index (χ2v) is 6.38. The van der Waals surface area contributed by atoms with Crippen molar-refractivity contribution in [2.75, 3.05) is 0 Å². The molecule has 2 amide bonds. The van der Waals surface area contributed by atoms with Gasteiger partial charge in [0.1, 0.15) is 0 Å². The Balaban J connectivity index is 0.000000145. The molecule has 5 aromatic rings. The summed E-state index contributed by atoms with van der Waals surface area (Å²) in [5.41, 5.74) is 2.03. The normalized spacial score (nSPS) is 12.2. The van der Waals surface area contributed by atoms with Crippen molar-refractivity contribution in [3.63, 3.8) is 0 Å². The van der Waals surface area contributed by atoms with Gasteiger partial charge >= 0.3 is 6.03 Å². The summed E-state index contributed by atoms with van der Waals surface area (Å²) in [6.07, 6.45) is 3.76. The van der Waals surface area contributed by atoms with E-state index in [-0.39, 0.29) is 0 Å². The lowest BCUT2D eigenvalue weighted by molar-refractivity contribution is 0.256. The Bertz CT molecular complexity index is 1380. The number of carbonyl (C=O) groups excluding carboxylic acids is 1. The number of hydrogen-bond donors (Lipinski definition) is 0. The van der Waals surface area contributed by atoms with Gasteiger partial charge in [0.05, 0.1) is 21.7 Å². The lowest BCUT2D eigenvalue weighted by atomic mass is 10.0. The fourth-order valence-corrected chi connectivity index (χ4v) is 3.37. The molecule has 0 unspecified atom stereocenters. The van der Waals surface area contributed by atoms with E-state index < -0.39 is 6.03 Å². The van der Waals surface area contributed by atoms with Crippen molar-refractivity contribution in [1.82, 2.24) is 9.97 Å². The first-order valence-electron chi connectivity index (χ1n) is 8.87. The number of benzene rings is 3. The lowest BCUT2D eigenvalue weighted by Crippen LogP contribution is -2.19. The highest BCUT2D eigenvalue weighted by Gasteiger charge is 2.06. The number of amides is 2. The van der Waals surface area contributed by atoms with Crippen molar-refractivity contribution in [3.05, 3.63) is 95.9 Å². The third-order valence-electron chi connectivity index (χ3n) is 4.64. The molecule has 3 heterocycles.